The number of nitrogens with one attached hydrogen (secondary N) is 3. The zero-order valence-corrected chi connectivity index (χ0v) is 18.7. The van der Waals surface area contributed by atoms with Crippen LogP contribution in [0.4, 0.5) is 5.69 Å². The highest BCUT2D eigenvalue weighted by Gasteiger charge is 2.13. The lowest BCUT2D eigenvalue weighted by Gasteiger charge is -2.12. The van der Waals surface area contributed by atoms with Crippen molar-refractivity contribution in [2.24, 2.45) is 0 Å². The molecule has 3 rings (SSSR count). The molecule has 0 bridgehead atoms. The van der Waals surface area contributed by atoms with Gasteiger partial charge in [-0.15, -0.1) is 0 Å². The molecule has 0 aliphatic rings. The van der Waals surface area contributed by atoms with E-state index in [0.717, 1.165) is 11.1 Å². The molecule has 0 atom stereocenters. The highest BCUT2D eigenvalue weighted by atomic mass is 16.5. The van der Waals surface area contributed by atoms with Crippen LogP contribution in [-0.4, -0.2) is 31.4 Å². The molecule has 0 aliphatic heterocycles. The highest BCUT2D eigenvalue weighted by molar-refractivity contribution is 6.03. The summed E-state index contributed by atoms with van der Waals surface area (Å²) >= 11 is 0. The van der Waals surface area contributed by atoms with Crippen molar-refractivity contribution in [1.82, 2.24) is 10.6 Å². The molecule has 3 aromatic carbocycles. The summed E-state index contributed by atoms with van der Waals surface area (Å²) in [5.41, 5.74) is 3.38. The molecule has 3 aromatic rings. The second-order valence-electron chi connectivity index (χ2n) is 7.50. The van der Waals surface area contributed by atoms with Crippen LogP contribution in [0.3, 0.4) is 0 Å². The SMILES string of the molecule is COc1cccc(C(=O)NCCC(=O)Nc2ccccc2C(=O)NCc2ccc(C)cc2)c1. The third kappa shape index (κ3) is 6.93. The van der Waals surface area contributed by atoms with Crippen LogP contribution in [0.2, 0.25) is 0 Å². The first-order chi connectivity index (χ1) is 16.0. The number of benzene rings is 3. The fourth-order valence-electron chi connectivity index (χ4n) is 3.14. The van der Waals surface area contributed by atoms with E-state index in [0.29, 0.717) is 29.1 Å². The van der Waals surface area contributed by atoms with E-state index < -0.39 is 0 Å². The Hall–Kier alpha value is -4.13. The Bertz CT molecular complexity index is 1130. The summed E-state index contributed by atoms with van der Waals surface area (Å²) in [6.45, 7) is 2.55. The number of amides is 3. The first-order valence-electron chi connectivity index (χ1n) is 10.6. The summed E-state index contributed by atoms with van der Waals surface area (Å²) in [4.78, 5) is 37.3. The monoisotopic (exact) mass is 445 g/mol. The summed E-state index contributed by atoms with van der Waals surface area (Å²) in [6, 6.07) is 21.5. The average molecular weight is 446 g/mol. The zero-order valence-electron chi connectivity index (χ0n) is 18.7. The van der Waals surface area contributed by atoms with Gasteiger partial charge >= 0.3 is 0 Å². The second-order valence-corrected chi connectivity index (χ2v) is 7.50. The van der Waals surface area contributed by atoms with E-state index in [1.165, 1.54) is 7.11 Å². The third-order valence-electron chi connectivity index (χ3n) is 4.99. The number of ether oxygens (including phenoxy) is 1. The maximum absolute atomic E-state index is 12.7. The van der Waals surface area contributed by atoms with Crippen molar-refractivity contribution >= 4 is 23.4 Å². The van der Waals surface area contributed by atoms with Crippen molar-refractivity contribution in [2.75, 3.05) is 19.0 Å². The Kier molecular flexibility index (Phi) is 8.18. The molecule has 3 N–H and O–H groups in total. The van der Waals surface area contributed by atoms with E-state index in [1.807, 2.05) is 31.2 Å². The van der Waals surface area contributed by atoms with Gasteiger partial charge in [-0.1, -0.05) is 48.0 Å². The molecule has 0 unspecified atom stereocenters. The predicted octanol–water partition coefficient (Wildman–Crippen LogP) is 3.69. The fraction of sp³-hybridized carbons (Fsp3) is 0.192. The van der Waals surface area contributed by atoms with Crippen LogP contribution in [0.5, 0.6) is 5.75 Å². The van der Waals surface area contributed by atoms with E-state index in [9.17, 15) is 14.4 Å². The summed E-state index contributed by atoms with van der Waals surface area (Å²) in [5, 5.41) is 8.35. The van der Waals surface area contributed by atoms with E-state index in [-0.39, 0.29) is 30.7 Å². The van der Waals surface area contributed by atoms with E-state index in [2.05, 4.69) is 16.0 Å². The highest BCUT2D eigenvalue weighted by Crippen LogP contribution is 2.16. The number of carbonyl (C=O) groups excluding carboxylic acids is 3. The van der Waals surface area contributed by atoms with Crippen LogP contribution in [0, 0.1) is 6.92 Å². The van der Waals surface area contributed by atoms with Crippen molar-refractivity contribution in [3.8, 4) is 5.75 Å². The number of aryl methyl sites for hydroxylation is 1. The number of para-hydroxylation sites is 1. The van der Waals surface area contributed by atoms with E-state index in [1.54, 1.807) is 48.5 Å². The van der Waals surface area contributed by atoms with Gasteiger partial charge in [-0.3, -0.25) is 14.4 Å². The van der Waals surface area contributed by atoms with Gasteiger partial charge in [0, 0.05) is 25.1 Å². The van der Waals surface area contributed by atoms with Gasteiger partial charge in [0.25, 0.3) is 11.8 Å². The van der Waals surface area contributed by atoms with Crippen LogP contribution < -0.4 is 20.7 Å². The molecule has 0 saturated carbocycles. The number of carbonyl (C=O) groups is 3. The van der Waals surface area contributed by atoms with Crippen LogP contribution in [0.15, 0.2) is 72.8 Å². The quantitative estimate of drug-likeness (QED) is 0.468. The molecule has 0 spiro atoms. The predicted molar refractivity (Wildman–Crippen MR) is 127 cm³/mol. The lowest BCUT2D eigenvalue weighted by molar-refractivity contribution is -0.116. The van der Waals surface area contributed by atoms with Gasteiger partial charge in [-0.05, 0) is 42.8 Å². The number of methoxy groups -OCH3 is 1. The Labute approximate surface area is 193 Å². The molecule has 0 aliphatic carbocycles. The van der Waals surface area contributed by atoms with Crippen molar-refractivity contribution in [2.45, 2.75) is 19.9 Å². The van der Waals surface area contributed by atoms with Gasteiger partial charge in [0.1, 0.15) is 5.75 Å². The van der Waals surface area contributed by atoms with Gasteiger partial charge in [0.2, 0.25) is 5.91 Å². The molecule has 7 heteroatoms. The smallest absolute Gasteiger partial charge is 0.253 e. The van der Waals surface area contributed by atoms with Crippen molar-refractivity contribution in [3.05, 3.63) is 95.1 Å². The molecule has 7 nitrogen and oxygen atoms in total. The van der Waals surface area contributed by atoms with Crippen LogP contribution in [0.25, 0.3) is 0 Å². The van der Waals surface area contributed by atoms with Gasteiger partial charge in [-0.25, -0.2) is 0 Å². The Morgan fingerprint density at radius 1 is 0.848 bits per heavy atom. The number of hydrogen-bond donors (Lipinski definition) is 3. The fourth-order valence-corrected chi connectivity index (χ4v) is 3.14. The topological polar surface area (TPSA) is 96.5 Å². The lowest BCUT2D eigenvalue weighted by Crippen LogP contribution is -2.28. The molecule has 170 valence electrons. The largest absolute Gasteiger partial charge is 0.497 e. The maximum atomic E-state index is 12.7. The average Bonchev–Trinajstić information content (AvgIpc) is 2.83. The second kappa shape index (κ2) is 11.5. The molecular weight excluding hydrogens is 418 g/mol. The van der Waals surface area contributed by atoms with Crippen LogP contribution in [0.1, 0.15) is 38.3 Å². The van der Waals surface area contributed by atoms with E-state index >= 15 is 0 Å². The van der Waals surface area contributed by atoms with Crippen molar-refractivity contribution in [1.29, 1.82) is 0 Å². The minimum Gasteiger partial charge on any atom is -0.497 e. The first-order valence-corrected chi connectivity index (χ1v) is 10.6. The van der Waals surface area contributed by atoms with Gasteiger partial charge < -0.3 is 20.7 Å². The zero-order chi connectivity index (χ0) is 23.6. The molecule has 0 aromatic heterocycles. The summed E-state index contributed by atoms with van der Waals surface area (Å²) in [5.74, 6) is -0.298. The Morgan fingerprint density at radius 2 is 1.61 bits per heavy atom. The Balaban J connectivity index is 1.51. The summed E-state index contributed by atoms with van der Waals surface area (Å²) in [6.07, 6.45) is 0.0645. The lowest BCUT2D eigenvalue weighted by atomic mass is 10.1. The number of anilines is 1. The molecule has 3 amide bonds. The maximum Gasteiger partial charge on any atom is 0.253 e. The molecule has 0 radical (unpaired) electrons. The Morgan fingerprint density at radius 3 is 2.36 bits per heavy atom. The standard InChI is InChI=1S/C26H27N3O4/c1-18-10-12-19(13-11-18)17-28-26(32)22-8-3-4-9-23(22)29-24(30)14-15-27-25(31)20-6-5-7-21(16-20)33-2/h3-13,16H,14-15,17H2,1-2H3,(H,27,31)(H,28,32)(H,29,30). The third-order valence-corrected chi connectivity index (χ3v) is 4.99. The molecule has 33 heavy (non-hydrogen) atoms. The molecule has 0 fully saturated rings. The van der Waals surface area contributed by atoms with Crippen LogP contribution in [-0.2, 0) is 11.3 Å². The minimum absolute atomic E-state index is 0.0645. The van der Waals surface area contributed by atoms with Gasteiger partial charge in [0.15, 0.2) is 0 Å². The number of hydrogen-bond acceptors (Lipinski definition) is 4. The molecular formula is C26H27N3O4. The number of rotatable bonds is 9. The van der Waals surface area contributed by atoms with Crippen molar-refractivity contribution in [3.63, 3.8) is 0 Å². The summed E-state index contributed by atoms with van der Waals surface area (Å²) < 4.78 is 5.11. The van der Waals surface area contributed by atoms with Gasteiger partial charge in [-0.2, -0.15) is 0 Å². The molecule has 0 heterocycles. The minimum atomic E-state index is -0.306. The molecule has 0 saturated heterocycles. The van der Waals surface area contributed by atoms with Crippen molar-refractivity contribution < 1.29 is 19.1 Å². The normalized spacial score (nSPS) is 10.2. The van der Waals surface area contributed by atoms with E-state index in [4.69, 9.17) is 4.74 Å². The van der Waals surface area contributed by atoms with Crippen LogP contribution >= 0.6 is 0 Å². The summed E-state index contributed by atoms with van der Waals surface area (Å²) in [7, 11) is 1.53. The first kappa shape index (κ1) is 23.5. The van der Waals surface area contributed by atoms with Gasteiger partial charge in [0.05, 0.1) is 18.4 Å².